The number of nitrogens with one attached hydrogen (secondary N) is 1. The molecule has 2 aromatic carbocycles. The Labute approximate surface area is 137 Å². The normalized spacial score (nSPS) is 10.3. The molecule has 0 aliphatic rings. The lowest BCUT2D eigenvalue weighted by molar-refractivity contribution is 0.102. The highest BCUT2D eigenvalue weighted by Crippen LogP contribution is 2.34. The van der Waals surface area contributed by atoms with Crippen molar-refractivity contribution in [3.05, 3.63) is 49.9 Å². The van der Waals surface area contributed by atoms with Crippen molar-refractivity contribution in [3.8, 4) is 5.75 Å². The minimum Gasteiger partial charge on any atom is -0.507 e. The molecular formula is C13H9Br2ClN2O2. The Morgan fingerprint density at radius 2 is 1.80 bits per heavy atom. The van der Waals surface area contributed by atoms with Crippen molar-refractivity contribution in [2.45, 2.75) is 0 Å². The fourth-order valence-electron chi connectivity index (χ4n) is 1.59. The third-order valence-corrected chi connectivity index (χ3v) is 3.99. The van der Waals surface area contributed by atoms with Gasteiger partial charge in [0.15, 0.2) is 0 Å². The Balaban J connectivity index is 2.33. The Morgan fingerprint density at radius 1 is 1.20 bits per heavy atom. The molecule has 0 saturated carbocycles. The van der Waals surface area contributed by atoms with Crippen LogP contribution in [-0.2, 0) is 0 Å². The Kier molecular flexibility index (Phi) is 4.57. The molecule has 0 aliphatic carbocycles. The number of aromatic hydroxyl groups is 1. The monoisotopic (exact) mass is 418 g/mol. The lowest BCUT2D eigenvalue weighted by atomic mass is 10.2. The van der Waals surface area contributed by atoms with Crippen molar-refractivity contribution < 1.29 is 9.90 Å². The lowest BCUT2D eigenvalue weighted by Crippen LogP contribution is -2.13. The zero-order valence-corrected chi connectivity index (χ0v) is 13.9. The fourth-order valence-corrected chi connectivity index (χ4v) is 3.18. The summed E-state index contributed by atoms with van der Waals surface area (Å²) in [6.45, 7) is 0. The summed E-state index contributed by atoms with van der Waals surface area (Å²) in [6, 6.07) is 7.63. The number of phenolic OH excluding ortho intramolecular Hbond substituents is 1. The number of benzene rings is 2. The molecular weight excluding hydrogens is 411 g/mol. The zero-order valence-electron chi connectivity index (χ0n) is 9.95. The SMILES string of the molecule is Nc1cc(Br)c(NC(=O)c2ccc(Cl)cc2O)c(Br)c1. The predicted octanol–water partition coefficient (Wildman–Crippen LogP) is 4.41. The third kappa shape index (κ3) is 3.26. The van der Waals surface area contributed by atoms with E-state index in [0.29, 0.717) is 25.3 Å². The van der Waals surface area contributed by atoms with Crippen molar-refractivity contribution in [3.63, 3.8) is 0 Å². The van der Waals surface area contributed by atoms with Gasteiger partial charge in [-0.2, -0.15) is 0 Å². The van der Waals surface area contributed by atoms with Gasteiger partial charge in [0.05, 0.1) is 11.3 Å². The van der Waals surface area contributed by atoms with Gasteiger partial charge in [0, 0.05) is 19.7 Å². The quantitative estimate of drug-likeness (QED) is 0.630. The summed E-state index contributed by atoms with van der Waals surface area (Å²) in [7, 11) is 0. The first-order chi connectivity index (χ1) is 9.38. The second-order valence-corrected chi connectivity index (χ2v) is 6.12. The number of anilines is 2. The number of carbonyl (C=O) groups excluding carboxylic acids is 1. The Bertz CT molecular complexity index is 669. The van der Waals surface area contributed by atoms with Crippen LogP contribution in [-0.4, -0.2) is 11.0 Å². The number of hydrogen-bond donors (Lipinski definition) is 3. The van der Waals surface area contributed by atoms with Crippen LogP contribution in [0.3, 0.4) is 0 Å². The topological polar surface area (TPSA) is 75.3 Å². The maximum absolute atomic E-state index is 12.1. The molecule has 0 heterocycles. The maximum Gasteiger partial charge on any atom is 0.259 e. The second-order valence-electron chi connectivity index (χ2n) is 3.98. The summed E-state index contributed by atoms with van der Waals surface area (Å²) in [5, 5.41) is 12.8. The van der Waals surface area contributed by atoms with Crippen LogP contribution < -0.4 is 11.1 Å². The molecule has 0 radical (unpaired) electrons. The molecule has 0 spiro atoms. The highest BCUT2D eigenvalue weighted by molar-refractivity contribution is 9.11. The molecule has 1 amide bonds. The molecule has 0 aliphatic heterocycles. The number of hydrogen-bond acceptors (Lipinski definition) is 3. The van der Waals surface area contributed by atoms with Crippen LogP contribution in [0.5, 0.6) is 5.75 Å². The van der Waals surface area contributed by atoms with E-state index < -0.39 is 5.91 Å². The van der Waals surface area contributed by atoms with E-state index in [4.69, 9.17) is 17.3 Å². The number of phenols is 1. The van der Waals surface area contributed by atoms with Crippen molar-refractivity contribution in [1.82, 2.24) is 0 Å². The van der Waals surface area contributed by atoms with E-state index in [1.807, 2.05) is 0 Å². The number of amides is 1. The number of rotatable bonds is 2. The average Bonchev–Trinajstić information content (AvgIpc) is 2.33. The van der Waals surface area contributed by atoms with Gasteiger partial charge in [0.2, 0.25) is 0 Å². The summed E-state index contributed by atoms with van der Waals surface area (Å²) < 4.78 is 1.26. The van der Waals surface area contributed by atoms with Gasteiger partial charge in [0.1, 0.15) is 5.75 Å². The second kappa shape index (κ2) is 6.03. The molecule has 4 nitrogen and oxygen atoms in total. The lowest BCUT2D eigenvalue weighted by Gasteiger charge is -2.11. The van der Waals surface area contributed by atoms with Crippen LogP contribution in [0.1, 0.15) is 10.4 Å². The molecule has 7 heteroatoms. The van der Waals surface area contributed by atoms with E-state index in [1.54, 1.807) is 12.1 Å². The molecule has 0 aromatic heterocycles. The largest absolute Gasteiger partial charge is 0.507 e. The van der Waals surface area contributed by atoms with Crippen LogP contribution in [0.2, 0.25) is 5.02 Å². The van der Waals surface area contributed by atoms with Gasteiger partial charge in [-0.3, -0.25) is 4.79 Å². The van der Waals surface area contributed by atoms with Crippen molar-refractivity contribution in [2.75, 3.05) is 11.1 Å². The van der Waals surface area contributed by atoms with Crippen LogP contribution in [0.15, 0.2) is 39.3 Å². The van der Waals surface area contributed by atoms with Gasteiger partial charge in [0.25, 0.3) is 5.91 Å². The highest BCUT2D eigenvalue weighted by Gasteiger charge is 2.15. The summed E-state index contributed by atoms with van der Waals surface area (Å²) in [6.07, 6.45) is 0. The number of halogens is 3. The number of carbonyl (C=O) groups is 1. The Hall–Kier alpha value is -1.24. The summed E-state index contributed by atoms with van der Waals surface area (Å²) >= 11 is 12.4. The van der Waals surface area contributed by atoms with Crippen LogP contribution >= 0.6 is 43.5 Å². The molecule has 2 aromatic rings. The zero-order chi connectivity index (χ0) is 14.9. The summed E-state index contributed by atoms with van der Waals surface area (Å²) in [4.78, 5) is 12.1. The summed E-state index contributed by atoms with van der Waals surface area (Å²) in [5.74, 6) is -0.636. The van der Waals surface area contributed by atoms with E-state index in [2.05, 4.69) is 37.2 Å². The molecule has 4 N–H and O–H groups in total. The molecule has 0 unspecified atom stereocenters. The molecule has 20 heavy (non-hydrogen) atoms. The minimum atomic E-state index is -0.453. The molecule has 0 saturated heterocycles. The van der Waals surface area contributed by atoms with Crippen molar-refractivity contribution >= 4 is 60.7 Å². The highest BCUT2D eigenvalue weighted by atomic mass is 79.9. The van der Waals surface area contributed by atoms with Gasteiger partial charge < -0.3 is 16.2 Å². The van der Waals surface area contributed by atoms with Gasteiger partial charge in [-0.1, -0.05) is 11.6 Å². The van der Waals surface area contributed by atoms with E-state index >= 15 is 0 Å². The van der Waals surface area contributed by atoms with E-state index in [9.17, 15) is 9.90 Å². The first-order valence-electron chi connectivity index (χ1n) is 5.43. The van der Waals surface area contributed by atoms with E-state index in [0.717, 1.165) is 0 Å². The number of nitrogen functional groups attached to an aromatic ring is 1. The van der Waals surface area contributed by atoms with Crippen LogP contribution in [0.4, 0.5) is 11.4 Å². The molecule has 0 atom stereocenters. The van der Waals surface area contributed by atoms with Crippen LogP contribution in [0, 0.1) is 0 Å². The minimum absolute atomic E-state index is 0.130. The number of nitrogens with two attached hydrogens (primary N) is 1. The van der Waals surface area contributed by atoms with Crippen molar-refractivity contribution in [1.29, 1.82) is 0 Å². The Morgan fingerprint density at radius 3 is 2.35 bits per heavy atom. The average molecular weight is 420 g/mol. The van der Waals surface area contributed by atoms with Gasteiger partial charge >= 0.3 is 0 Å². The van der Waals surface area contributed by atoms with Gasteiger partial charge in [-0.25, -0.2) is 0 Å². The smallest absolute Gasteiger partial charge is 0.259 e. The standard InChI is InChI=1S/C13H9Br2ClN2O2/c14-9-4-7(17)5-10(15)12(9)18-13(20)8-2-1-6(16)3-11(8)19/h1-5,19H,17H2,(H,18,20). The molecule has 2 rings (SSSR count). The van der Waals surface area contributed by atoms with Crippen LogP contribution in [0.25, 0.3) is 0 Å². The molecule has 104 valence electrons. The van der Waals surface area contributed by atoms with E-state index in [1.165, 1.54) is 18.2 Å². The van der Waals surface area contributed by atoms with Gasteiger partial charge in [-0.05, 0) is 62.2 Å². The first kappa shape index (κ1) is 15.2. The maximum atomic E-state index is 12.1. The predicted molar refractivity (Wildman–Crippen MR) is 87.3 cm³/mol. The fraction of sp³-hybridized carbons (Fsp3) is 0. The summed E-state index contributed by atoms with van der Waals surface area (Å²) in [5.41, 5.74) is 6.89. The third-order valence-electron chi connectivity index (χ3n) is 2.51. The van der Waals surface area contributed by atoms with Crippen molar-refractivity contribution in [2.24, 2.45) is 0 Å². The van der Waals surface area contributed by atoms with Gasteiger partial charge in [-0.15, -0.1) is 0 Å². The van der Waals surface area contributed by atoms with E-state index in [-0.39, 0.29) is 11.3 Å². The molecule has 0 fully saturated rings. The first-order valence-corrected chi connectivity index (χ1v) is 7.39. The molecule has 0 bridgehead atoms.